The standard InChI is InChI=1S/C9H15NO2/c1-8(12)6-9(7-11)2-4-10-5-3-9/h7,10H,2-6H2,1H3. The fourth-order valence-electron chi connectivity index (χ4n) is 1.76. The highest BCUT2D eigenvalue weighted by molar-refractivity contribution is 5.80. The Kier molecular flexibility index (Phi) is 2.98. The molecule has 3 heteroatoms. The number of nitrogens with one attached hydrogen (secondary N) is 1. The number of rotatable bonds is 3. The van der Waals surface area contributed by atoms with Crippen LogP contribution in [0.4, 0.5) is 0 Å². The molecule has 0 amide bonds. The van der Waals surface area contributed by atoms with Crippen LogP contribution in [0.5, 0.6) is 0 Å². The van der Waals surface area contributed by atoms with Crippen molar-refractivity contribution in [1.82, 2.24) is 5.32 Å². The molecule has 1 rings (SSSR count). The van der Waals surface area contributed by atoms with Gasteiger partial charge in [-0.1, -0.05) is 0 Å². The van der Waals surface area contributed by atoms with E-state index in [2.05, 4.69) is 5.32 Å². The lowest BCUT2D eigenvalue weighted by Gasteiger charge is -2.31. The predicted octanol–water partition coefficient (Wildman–Crippen LogP) is 0.534. The lowest BCUT2D eigenvalue weighted by Crippen LogP contribution is -2.38. The van der Waals surface area contributed by atoms with Gasteiger partial charge in [-0.25, -0.2) is 0 Å². The van der Waals surface area contributed by atoms with E-state index in [1.165, 1.54) is 0 Å². The van der Waals surface area contributed by atoms with Gasteiger partial charge >= 0.3 is 0 Å². The molecule has 0 aromatic carbocycles. The van der Waals surface area contributed by atoms with Crippen LogP contribution in [0.25, 0.3) is 0 Å². The van der Waals surface area contributed by atoms with Crippen LogP contribution >= 0.6 is 0 Å². The molecule has 0 spiro atoms. The minimum absolute atomic E-state index is 0.115. The van der Waals surface area contributed by atoms with E-state index in [0.717, 1.165) is 32.2 Å². The molecule has 1 aliphatic rings. The first-order valence-corrected chi connectivity index (χ1v) is 4.35. The van der Waals surface area contributed by atoms with Crippen molar-refractivity contribution >= 4 is 12.1 Å². The lowest BCUT2D eigenvalue weighted by atomic mass is 9.76. The normalized spacial score (nSPS) is 21.8. The molecular weight excluding hydrogens is 154 g/mol. The second kappa shape index (κ2) is 3.81. The van der Waals surface area contributed by atoms with Crippen LogP contribution in [0, 0.1) is 5.41 Å². The molecule has 0 atom stereocenters. The second-order valence-electron chi connectivity index (χ2n) is 3.61. The summed E-state index contributed by atoms with van der Waals surface area (Å²) in [6, 6.07) is 0. The van der Waals surface area contributed by atoms with Crippen molar-refractivity contribution in [2.75, 3.05) is 13.1 Å². The van der Waals surface area contributed by atoms with Gasteiger partial charge in [-0.05, 0) is 32.9 Å². The molecule has 68 valence electrons. The van der Waals surface area contributed by atoms with E-state index in [0.29, 0.717) is 6.42 Å². The van der Waals surface area contributed by atoms with Crippen molar-refractivity contribution in [3.05, 3.63) is 0 Å². The van der Waals surface area contributed by atoms with Crippen LogP contribution in [0.15, 0.2) is 0 Å². The Labute approximate surface area is 72.5 Å². The van der Waals surface area contributed by atoms with Gasteiger partial charge in [-0.15, -0.1) is 0 Å². The first kappa shape index (κ1) is 9.39. The summed E-state index contributed by atoms with van der Waals surface area (Å²) >= 11 is 0. The predicted molar refractivity (Wildman–Crippen MR) is 45.9 cm³/mol. The highest BCUT2D eigenvalue weighted by atomic mass is 16.1. The number of aldehydes is 1. The van der Waals surface area contributed by atoms with E-state index in [9.17, 15) is 9.59 Å². The maximum absolute atomic E-state index is 10.9. The molecule has 0 aromatic rings. The zero-order chi connectivity index (χ0) is 9.03. The summed E-state index contributed by atoms with van der Waals surface area (Å²) in [5.41, 5.74) is -0.350. The van der Waals surface area contributed by atoms with Gasteiger partial charge in [0.25, 0.3) is 0 Å². The van der Waals surface area contributed by atoms with Gasteiger partial charge in [-0.2, -0.15) is 0 Å². The summed E-state index contributed by atoms with van der Waals surface area (Å²) in [7, 11) is 0. The average molecular weight is 169 g/mol. The summed E-state index contributed by atoms with van der Waals surface area (Å²) in [5, 5.41) is 3.18. The molecule has 12 heavy (non-hydrogen) atoms. The van der Waals surface area contributed by atoms with Crippen molar-refractivity contribution < 1.29 is 9.59 Å². The maximum atomic E-state index is 10.9. The molecule has 0 saturated carbocycles. The number of hydrogen-bond acceptors (Lipinski definition) is 3. The first-order chi connectivity index (χ1) is 5.68. The highest BCUT2D eigenvalue weighted by Gasteiger charge is 2.32. The molecule has 0 unspecified atom stereocenters. The molecule has 1 N–H and O–H groups in total. The number of carbonyl (C=O) groups excluding carboxylic acids is 2. The number of carbonyl (C=O) groups is 2. The van der Waals surface area contributed by atoms with Crippen LogP contribution < -0.4 is 5.32 Å². The van der Waals surface area contributed by atoms with Crippen LogP contribution in [-0.2, 0) is 9.59 Å². The number of hydrogen-bond donors (Lipinski definition) is 1. The zero-order valence-corrected chi connectivity index (χ0v) is 7.43. The quantitative estimate of drug-likeness (QED) is 0.627. The monoisotopic (exact) mass is 169 g/mol. The van der Waals surface area contributed by atoms with Gasteiger partial charge in [-0.3, -0.25) is 4.79 Å². The van der Waals surface area contributed by atoms with Crippen molar-refractivity contribution in [3.8, 4) is 0 Å². The Morgan fingerprint density at radius 2 is 2.08 bits per heavy atom. The zero-order valence-electron chi connectivity index (χ0n) is 7.43. The summed E-state index contributed by atoms with van der Waals surface area (Å²) < 4.78 is 0. The Bertz CT molecular complexity index is 183. The maximum Gasteiger partial charge on any atom is 0.130 e. The minimum atomic E-state index is -0.350. The summed E-state index contributed by atoms with van der Waals surface area (Å²) in [6.45, 7) is 3.26. The number of piperidine rings is 1. The molecule has 1 saturated heterocycles. The Morgan fingerprint density at radius 3 is 2.50 bits per heavy atom. The third-order valence-corrected chi connectivity index (χ3v) is 2.45. The molecule has 1 heterocycles. The molecule has 0 aliphatic carbocycles. The molecule has 1 aliphatic heterocycles. The topological polar surface area (TPSA) is 46.2 Å². The van der Waals surface area contributed by atoms with Gasteiger partial charge in [0, 0.05) is 11.8 Å². The largest absolute Gasteiger partial charge is 0.317 e. The van der Waals surface area contributed by atoms with Crippen LogP contribution in [-0.4, -0.2) is 25.2 Å². The van der Waals surface area contributed by atoms with Crippen LogP contribution in [0.2, 0.25) is 0 Å². The first-order valence-electron chi connectivity index (χ1n) is 4.35. The van der Waals surface area contributed by atoms with E-state index in [1.54, 1.807) is 6.92 Å². The molecule has 0 bridgehead atoms. The Morgan fingerprint density at radius 1 is 1.50 bits per heavy atom. The van der Waals surface area contributed by atoms with Crippen LogP contribution in [0.1, 0.15) is 26.2 Å². The Balaban J connectivity index is 2.59. The van der Waals surface area contributed by atoms with Crippen molar-refractivity contribution in [2.45, 2.75) is 26.2 Å². The highest BCUT2D eigenvalue weighted by Crippen LogP contribution is 2.30. The fourth-order valence-corrected chi connectivity index (χ4v) is 1.76. The van der Waals surface area contributed by atoms with Crippen molar-refractivity contribution in [3.63, 3.8) is 0 Å². The summed E-state index contributed by atoms with van der Waals surface area (Å²) in [6.07, 6.45) is 2.99. The van der Waals surface area contributed by atoms with Gasteiger partial charge in [0.1, 0.15) is 12.1 Å². The summed E-state index contributed by atoms with van der Waals surface area (Å²) in [4.78, 5) is 21.7. The van der Waals surface area contributed by atoms with Gasteiger partial charge in [0.2, 0.25) is 0 Å². The lowest BCUT2D eigenvalue weighted by molar-refractivity contribution is -0.126. The SMILES string of the molecule is CC(=O)CC1(C=O)CCNCC1. The van der Waals surface area contributed by atoms with E-state index in [1.807, 2.05) is 0 Å². The number of ketones is 1. The van der Waals surface area contributed by atoms with E-state index in [-0.39, 0.29) is 11.2 Å². The second-order valence-corrected chi connectivity index (χ2v) is 3.61. The molecule has 1 fully saturated rings. The third-order valence-electron chi connectivity index (χ3n) is 2.45. The van der Waals surface area contributed by atoms with E-state index < -0.39 is 0 Å². The van der Waals surface area contributed by atoms with Gasteiger partial charge in [0.15, 0.2) is 0 Å². The molecule has 3 nitrogen and oxygen atoms in total. The molecule has 0 radical (unpaired) electrons. The van der Waals surface area contributed by atoms with E-state index in [4.69, 9.17) is 0 Å². The third kappa shape index (κ3) is 2.14. The fraction of sp³-hybridized carbons (Fsp3) is 0.778. The summed E-state index contributed by atoms with van der Waals surface area (Å²) in [5.74, 6) is 0.115. The van der Waals surface area contributed by atoms with Gasteiger partial charge in [0.05, 0.1) is 0 Å². The number of Topliss-reactive ketones (excluding diaryl/α,β-unsaturated/α-hetero) is 1. The van der Waals surface area contributed by atoms with Crippen molar-refractivity contribution in [2.24, 2.45) is 5.41 Å². The average Bonchev–Trinajstić information content (AvgIpc) is 2.05. The van der Waals surface area contributed by atoms with Crippen molar-refractivity contribution in [1.29, 1.82) is 0 Å². The Hall–Kier alpha value is -0.700. The van der Waals surface area contributed by atoms with Crippen LogP contribution in [0.3, 0.4) is 0 Å². The van der Waals surface area contributed by atoms with Gasteiger partial charge < -0.3 is 10.1 Å². The molecular formula is C9H15NO2. The smallest absolute Gasteiger partial charge is 0.130 e. The molecule has 0 aromatic heterocycles. The van der Waals surface area contributed by atoms with E-state index >= 15 is 0 Å². The minimum Gasteiger partial charge on any atom is -0.317 e.